The minimum Gasteiger partial charge on any atom is -0.508 e. The van der Waals surface area contributed by atoms with E-state index in [2.05, 4.69) is 63.8 Å². The monoisotopic (exact) mass is 1250 g/mol. The van der Waals surface area contributed by atoms with Crippen molar-refractivity contribution in [3.8, 4) is 5.75 Å². The Bertz CT molecular complexity index is 2410. The molecule has 31 nitrogen and oxygen atoms in total. The van der Waals surface area contributed by atoms with Crippen LogP contribution in [0.1, 0.15) is 51.5 Å². The fourth-order valence-corrected chi connectivity index (χ4v) is 10.6. The molecule has 462 valence electrons. The van der Waals surface area contributed by atoms with Gasteiger partial charge in [0, 0.05) is 43.3 Å². The van der Waals surface area contributed by atoms with E-state index in [-0.39, 0.29) is 66.5 Å². The van der Waals surface area contributed by atoms with Crippen LogP contribution in [0, 0.1) is 0 Å². The number of hydrogen-bond donors (Lipinski definition) is 17. The Morgan fingerprint density at radius 2 is 1.23 bits per heavy atom. The number of primary amides is 1. The van der Waals surface area contributed by atoms with Crippen molar-refractivity contribution in [1.29, 1.82) is 0 Å². The summed E-state index contributed by atoms with van der Waals surface area (Å²) in [6, 6.07) is -4.33. The number of carboxylic acids is 1. The third-order valence-corrected chi connectivity index (χ3v) is 15.2. The van der Waals surface area contributed by atoms with Crippen LogP contribution in [0.3, 0.4) is 0 Å². The minimum absolute atomic E-state index is 0.00624. The number of thioether (sulfide) groups is 4. The summed E-state index contributed by atoms with van der Waals surface area (Å²) >= 11 is 4.15. The third-order valence-electron chi connectivity index (χ3n) is 11.2. The van der Waals surface area contributed by atoms with E-state index >= 15 is 0 Å². The standard InChI is InChI=1S/C48H75N15O16S4/c1-26(64)55-24-82-19-33(42(51)73)59-38(68)17-53-44(75)34(22-83-25-56-27(2)65)60-39(69)18-52-43(74)30(6-3-4-11-49)61-48(79)36-21-81-23-40(70)58-31(14-28-7-9-29(66)10-8-28)46(77)62-35(20-80-13-5-12-50)45(76)54-16-37(67)57-32(15-41(71)72)47(78)63-36/h7-10,30-36,66H,3-6,11-25,49-50H2,1-2H3,(H2,51,73)(H,52,74)(H,53,75)(H,54,76)(H,55,64)(H,56,65)(H,57,67)(H,58,70)(H,59,68)(H,60,69)(H,61,79)(H,62,77)(H,63,78)(H,71,72)/t30-,31-,32+,33-,34-,35+,36+/m0/s1. The Morgan fingerprint density at radius 1 is 0.663 bits per heavy atom. The highest BCUT2D eigenvalue weighted by molar-refractivity contribution is 8.00. The summed E-state index contributed by atoms with van der Waals surface area (Å²) < 4.78 is 0. The topological polar surface area (TPSA) is 502 Å². The number of rotatable bonds is 32. The lowest BCUT2D eigenvalue weighted by atomic mass is 10.0. The average Bonchev–Trinajstić information content (AvgIpc) is 3.42. The molecule has 1 aliphatic heterocycles. The first-order valence-electron chi connectivity index (χ1n) is 25.8. The number of phenolic OH excluding ortho intramolecular Hbond substituents is 1. The van der Waals surface area contributed by atoms with E-state index in [4.69, 9.17) is 17.2 Å². The van der Waals surface area contributed by atoms with Gasteiger partial charge in [0.15, 0.2) is 0 Å². The predicted molar refractivity (Wildman–Crippen MR) is 309 cm³/mol. The van der Waals surface area contributed by atoms with Crippen molar-refractivity contribution in [2.75, 3.05) is 79.0 Å². The van der Waals surface area contributed by atoms with E-state index in [1.54, 1.807) is 0 Å². The Kier molecular flexibility index (Phi) is 34.9. The number of carbonyl (C=O) groups excluding carboxylic acids is 13. The summed E-state index contributed by atoms with van der Waals surface area (Å²) in [4.78, 5) is 182. The Hall–Kier alpha value is -7.08. The summed E-state index contributed by atoms with van der Waals surface area (Å²) in [6.45, 7) is 0.792. The average molecular weight is 1250 g/mol. The molecule has 1 aliphatic rings. The first kappa shape index (κ1) is 72.0. The lowest BCUT2D eigenvalue weighted by Gasteiger charge is -2.26. The summed E-state index contributed by atoms with van der Waals surface area (Å²) in [7, 11) is 0. The molecule has 2 rings (SSSR count). The molecule has 7 atom stereocenters. The van der Waals surface area contributed by atoms with Crippen molar-refractivity contribution < 1.29 is 77.3 Å². The first-order chi connectivity index (χ1) is 39.4. The molecule has 0 aliphatic carbocycles. The zero-order chi connectivity index (χ0) is 61.9. The van der Waals surface area contributed by atoms with Crippen molar-refractivity contribution in [2.45, 2.75) is 94.7 Å². The Labute approximate surface area is 495 Å². The summed E-state index contributed by atoms with van der Waals surface area (Å²) in [5.41, 5.74) is 17.2. The smallest absolute Gasteiger partial charge is 0.305 e. The molecule has 0 saturated carbocycles. The number of carbonyl (C=O) groups is 14. The molecule has 1 saturated heterocycles. The molecule has 13 amide bonds. The van der Waals surface area contributed by atoms with Crippen molar-refractivity contribution in [1.82, 2.24) is 63.8 Å². The molecule has 0 unspecified atom stereocenters. The highest BCUT2D eigenvalue weighted by Crippen LogP contribution is 2.14. The van der Waals surface area contributed by atoms with Crippen molar-refractivity contribution >= 4 is 130 Å². The van der Waals surface area contributed by atoms with Gasteiger partial charge in [0.25, 0.3) is 0 Å². The van der Waals surface area contributed by atoms with Crippen LogP contribution in [0.15, 0.2) is 24.3 Å². The van der Waals surface area contributed by atoms with Crippen LogP contribution in [-0.4, -0.2) is 214 Å². The van der Waals surface area contributed by atoms with E-state index in [0.717, 1.165) is 35.3 Å². The molecular weight excluding hydrogens is 1170 g/mol. The fourth-order valence-electron chi connectivity index (χ4n) is 6.94. The highest BCUT2D eigenvalue weighted by atomic mass is 32.2. The number of nitrogens with one attached hydrogen (secondary N) is 12. The van der Waals surface area contributed by atoms with E-state index in [1.807, 2.05) is 0 Å². The van der Waals surface area contributed by atoms with Crippen molar-refractivity contribution in [3.63, 3.8) is 0 Å². The van der Waals surface area contributed by atoms with Crippen LogP contribution in [0.5, 0.6) is 5.75 Å². The van der Waals surface area contributed by atoms with Crippen LogP contribution in [-0.2, 0) is 73.5 Å². The molecule has 0 aromatic heterocycles. The summed E-state index contributed by atoms with van der Waals surface area (Å²) in [5.74, 6) is -12.9. The minimum atomic E-state index is -1.84. The molecule has 1 aromatic rings. The van der Waals surface area contributed by atoms with E-state index < -0.39 is 157 Å². The third kappa shape index (κ3) is 31.2. The predicted octanol–water partition coefficient (Wildman–Crippen LogP) is -6.75. The summed E-state index contributed by atoms with van der Waals surface area (Å²) in [6.07, 6.45) is -0.0561. The molecule has 83 heavy (non-hydrogen) atoms. The van der Waals surface area contributed by atoms with E-state index in [1.165, 1.54) is 49.9 Å². The highest BCUT2D eigenvalue weighted by Gasteiger charge is 2.33. The number of hydrogen-bond acceptors (Lipinski definition) is 21. The van der Waals surface area contributed by atoms with Crippen molar-refractivity contribution in [2.24, 2.45) is 17.2 Å². The van der Waals surface area contributed by atoms with Crippen molar-refractivity contribution in [3.05, 3.63) is 29.8 Å². The summed E-state index contributed by atoms with van der Waals surface area (Å²) in [5, 5.41) is 48.8. The van der Waals surface area contributed by atoms with Crippen LogP contribution in [0.4, 0.5) is 0 Å². The van der Waals surface area contributed by atoms with Gasteiger partial charge in [-0.2, -0.15) is 11.8 Å². The van der Waals surface area contributed by atoms with Gasteiger partial charge in [0.2, 0.25) is 76.8 Å². The van der Waals surface area contributed by atoms with Gasteiger partial charge in [0.1, 0.15) is 48.0 Å². The van der Waals surface area contributed by atoms with E-state index in [0.29, 0.717) is 30.7 Å². The fraction of sp³-hybridized carbons (Fsp3) is 0.583. The lowest BCUT2D eigenvalue weighted by molar-refractivity contribution is -0.141. The second kappa shape index (κ2) is 40.2. The van der Waals surface area contributed by atoms with E-state index in [9.17, 15) is 77.3 Å². The molecule has 1 aromatic carbocycles. The molecule has 0 spiro atoms. The maximum absolute atomic E-state index is 14.2. The Balaban J connectivity index is 2.38. The molecule has 35 heteroatoms. The molecule has 1 heterocycles. The van der Waals surface area contributed by atoms with Gasteiger partial charge in [-0.25, -0.2) is 0 Å². The normalized spacial score (nSPS) is 18.2. The quantitative estimate of drug-likeness (QED) is 0.0235. The molecule has 20 N–H and O–H groups in total. The number of unbranched alkanes of at least 4 members (excludes halogenated alkanes) is 1. The maximum Gasteiger partial charge on any atom is 0.305 e. The molecule has 1 fully saturated rings. The lowest BCUT2D eigenvalue weighted by Crippen LogP contribution is -2.59. The largest absolute Gasteiger partial charge is 0.508 e. The maximum atomic E-state index is 14.2. The number of aromatic hydroxyl groups is 1. The SMILES string of the molecule is CC(=O)NCSC[C@H](NC(=O)CNC(=O)[C@H](CSCNC(C)=O)NC(=O)CNC(=O)[C@H](CCCCN)NC(=O)[C@H]1CSCC(=O)N[C@@H](Cc2ccc(O)cc2)C(=O)N[C@H](CSCCCN)C(=O)NCC(=O)N[C@H](CC(=O)O)C(=O)N1)C(N)=O. The number of aliphatic carboxylic acids is 1. The molecular formula is C48H75N15O16S4. The second-order valence-corrected chi connectivity index (χ2v) is 22.4. The zero-order valence-electron chi connectivity index (χ0n) is 45.8. The van der Waals surface area contributed by atoms with Crippen LogP contribution >= 0.6 is 47.0 Å². The number of carboxylic acid groups (broad SMARTS) is 1. The van der Waals surface area contributed by atoms with Gasteiger partial charge < -0.3 is 91.2 Å². The Morgan fingerprint density at radius 3 is 1.81 bits per heavy atom. The first-order valence-corrected chi connectivity index (χ1v) is 30.4. The van der Waals surface area contributed by atoms with Gasteiger partial charge in [-0.3, -0.25) is 67.1 Å². The van der Waals surface area contributed by atoms with Gasteiger partial charge in [-0.1, -0.05) is 12.1 Å². The number of amides is 13. The zero-order valence-corrected chi connectivity index (χ0v) is 49.0. The molecule has 0 bridgehead atoms. The van der Waals surface area contributed by atoms with Gasteiger partial charge in [-0.05, 0) is 62.2 Å². The molecule has 0 radical (unpaired) electrons. The van der Waals surface area contributed by atoms with Gasteiger partial charge in [-0.15, -0.1) is 35.3 Å². The number of nitrogens with two attached hydrogens (primary N) is 3. The second-order valence-electron chi connectivity index (χ2n) is 18.2. The van der Waals surface area contributed by atoms with Gasteiger partial charge in [0.05, 0.1) is 43.6 Å². The van der Waals surface area contributed by atoms with Crippen LogP contribution < -0.4 is 81.0 Å². The number of benzene rings is 1. The van der Waals surface area contributed by atoms with Gasteiger partial charge >= 0.3 is 5.97 Å². The number of phenols is 1. The van der Waals surface area contributed by atoms with Crippen LogP contribution in [0.2, 0.25) is 0 Å². The van der Waals surface area contributed by atoms with Crippen LogP contribution in [0.25, 0.3) is 0 Å².